The molecule has 0 aromatic carbocycles. The average Bonchev–Trinajstić information content (AvgIpc) is 2.49. The number of hydrogen-bond acceptors (Lipinski definition) is 4. The number of nitrogens with zero attached hydrogens (tertiary/aromatic N) is 1. The number of nitrogens with one attached hydrogen (secondary N) is 1. The fraction of sp³-hybridized carbons (Fsp3) is 0.688. The number of aromatic nitrogens is 1. The van der Waals surface area contributed by atoms with Gasteiger partial charge in [0.25, 0.3) is 0 Å². The van der Waals surface area contributed by atoms with Crippen molar-refractivity contribution in [2.24, 2.45) is 0 Å². The molecule has 2 heterocycles. The van der Waals surface area contributed by atoms with Crippen molar-refractivity contribution in [3.8, 4) is 0 Å². The van der Waals surface area contributed by atoms with Gasteiger partial charge in [-0.3, -0.25) is 4.98 Å². The molecule has 1 aliphatic rings. The smallest absolute Gasteiger partial charge is 0.155 e. The zero-order valence-electron chi connectivity index (χ0n) is 13.2. The molecule has 0 bridgehead atoms. The van der Waals surface area contributed by atoms with Crippen molar-refractivity contribution >= 4 is 0 Å². The van der Waals surface area contributed by atoms with E-state index < -0.39 is 11.8 Å². The van der Waals surface area contributed by atoms with E-state index in [9.17, 15) is 9.50 Å². The van der Waals surface area contributed by atoms with Crippen LogP contribution >= 0.6 is 0 Å². The Bertz CT molecular complexity index is 434. The predicted octanol–water partition coefficient (Wildman–Crippen LogP) is 1.86. The molecule has 3 N–H and O–H groups in total. The van der Waals surface area contributed by atoms with Gasteiger partial charge in [-0.2, -0.15) is 0 Å². The second-order valence-electron chi connectivity index (χ2n) is 5.26. The minimum absolute atomic E-state index is 0.278. The molecular formula is C16H27FN2O2. The van der Waals surface area contributed by atoms with E-state index in [1.165, 1.54) is 0 Å². The number of alkyl halides is 1. The van der Waals surface area contributed by atoms with Crippen molar-refractivity contribution in [1.82, 2.24) is 10.3 Å². The largest absolute Gasteiger partial charge is 0.394 e. The van der Waals surface area contributed by atoms with Crippen LogP contribution in [0.1, 0.15) is 43.5 Å². The first kappa shape index (κ1) is 18.0. The predicted molar refractivity (Wildman–Crippen MR) is 82.0 cm³/mol. The molecule has 1 aromatic rings. The lowest BCUT2D eigenvalue weighted by molar-refractivity contribution is 0.0951. The quantitative estimate of drug-likeness (QED) is 0.794. The van der Waals surface area contributed by atoms with Gasteiger partial charge < -0.3 is 15.5 Å². The van der Waals surface area contributed by atoms with E-state index in [1.807, 2.05) is 26.8 Å². The third kappa shape index (κ3) is 4.73. The summed E-state index contributed by atoms with van der Waals surface area (Å²) >= 11 is 0. The van der Waals surface area contributed by atoms with E-state index >= 15 is 0 Å². The van der Waals surface area contributed by atoms with E-state index in [4.69, 9.17) is 5.11 Å². The molecule has 0 radical (unpaired) electrons. The second kappa shape index (κ2) is 8.41. The van der Waals surface area contributed by atoms with Crippen LogP contribution in [0.25, 0.3) is 0 Å². The van der Waals surface area contributed by atoms with Gasteiger partial charge in [0.2, 0.25) is 0 Å². The standard InChI is InChI=1S/C14H21FN2O2.C2H6/c1-10-6-11(7-12(19)9-18)8-17-13(10)14(15)2-4-16-5-3-14;1-2/h6,8,12,16,18-19H,2-5,7,9H2,1H3;1-2H3/t12-;/m1./s1. The normalized spacial score (nSPS) is 18.6. The molecule has 21 heavy (non-hydrogen) atoms. The van der Waals surface area contributed by atoms with Crippen molar-refractivity contribution in [3.05, 3.63) is 29.1 Å². The summed E-state index contributed by atoms with van der Waals surface area (Å²) in [7, 11) is 0. The zero-order valence-corrected chi connectivity index (χ0v) is 13.2. The van der Waals surface area contributed by atoms with Gasteiger partial charge in [-0.15, -0.1) is 0 Å². The van der Waals surface area contributed by atoms with Gasteiger partial charge in [0.15, 0.2) is 5.67 Å². The third-order valence-corrected chi connectivity index (χ3v) is 3.64. The van der Waals surface area contributed by atoms with E-state index in [0.717, 1.165) is 11.1 Å². The summed E-state index contributed by atoms with van der Waals surface area (Å²) in [5.41, 5.74) is 0.798. The van der Waals surface area contributed by atoms with Crippen LogP contribution in [0.15, 0.2) is 12.3 Å². The Kier molecular flexibility index (Phi) is 7.22. The summed E-state index contributed by atoms with van der Waals surface area (Å²) < 4.78 is 14.8. The van der Waals surface area contributed by atoms with Crippen molar-refractivity contribution < 1.29 is 14.6 Å². The van der Waals surface area contributed by atoms with Crippen molar-refractivity contribution in [2.75, 3.05) is 19.7 Å². The highest BCUT2D eigenvalue weighted by Crippen LogP contribution is 2.35. The number of rotatable bonds is 4. The molecule has 5 heteroatoms. The topological polar surface area (TPSA) is 65.4 Å². The molecule has 0 unspecified atom stereocenters. The summed E-state index contributed by atoms with van der Waals surface area (Å²) in [5, 5.41) is 21.4. The molecule has 1 aromatic heterocycles. The molecule has 1 saturated heterocycles. The molecule has 0 saturated carbocycles. The Morgan fingerprint density at radius 3 is 2.52 bits per heavy atom. The van der Waals surface area contributed by atoms with Gasteiger partial charge in [-0.25, -0.2) is 4.39 Å². The Hall–Kier alpha value is -1.04. The lowest BCUT2D eigenvalue weighted by atomic mass is 9.87. The first-order valence-electron chi connectivity index (χ1n) is 7.70. The van der Waals surface area contributed by atoms with Crippen molar-refractivity contribution in [1.29, 1.82) is 0 Å². The maximum Gasteiger partial charge on any atom is 0.155 e. The molecule has 0 spiro atoms. The van der Waals surface area contributed by atoms with Crippen LogP contribution < -0.4 is 5.32 Å². The fourth-order valence-electron chi connectivity index (χ4n) is 2.61. The van der Waals surface area contributed by atoms with Gasteiger partial charge in [-0.05, 0) is 44.0 Å². The van der Waals surface area contributed by atoms with E-state index in [-0.39, 0.29) is 6.61 Å². The SMILES string of the molecule is CC.Cc1cc(C[C@@H](O)CO)cnc1C1(F)CCNCC1. The van der Waals surface area contributed by atoms with Crippen LogP contribution in [0, 0.1) is 6.92 Å². The third-order valence-electron chi connectivity index (χ3n) is 3.64. The molecular weight excluding hydrogens is 271 g/mol. The summed E-state index contributed by atoms with van der Waals surface area (Å²) in [6.45, 7) is 6.91. The van der Waals surface area contributed by atoms with E-state index in [2.05, 4.69) is 10.3 Å². The molecule has 1 fully saturated rings. The highest BCUT2D eigenvalue weighted by molar-refractivity contribution is 5.29. The monoisotopic (exact) mass is 298 g/mol. The number of pyridine rings is 1. The molecule has 1 aliphatic heterocycles. The maximum atomic E-state index is 14.8. The zero-order chi connectivity index (χ0) is 15.9. The summed E-state index contributed by atoms with van der Waals surface area (Å²) in [6.07, 6.45) is 2.04. The van der Waals surface area contributed by atoms with Crippen LogP contribution in [-0.2, 0) is 12.1 Å². The van der Waals surface area contributed by atoms with Gasteiger partial charge in [-0.1, -0.05) is 19.9 Å². The van der Waals surface area contributed by atoms with Crippen LogP contribution in [0.3, 0.4) is 0 Å². The Morgan fingerprint density at radius 2 is 2.00 bits per heavy atom. The van der Waals surface area contributed by atoms with Gasteiger partial charge >= 0.3 is 0 Å². The Balaban J connectivity index is 0.00000106. The number of piperidine rings is 1. The van der Waals surface area contributed by atoms with Crippen molar-refractivity contribution in [2.45, 2.75) is 51.8 Å². The van der Waals surface area contributed by atoms with Crippen LogP contribution in [-0.4, -0.2) is 41.0 Å². The first-order valence-corrected chi connectivity index (χ1v) is 7.70. The van der Waals surface area contributed by atoms with E-state index in [1.54, 1.807) is 6.20 Å². The summed E-state index contributed by atoms with van der Waals surface area (Å²) in [6, 6.07) is 1.85. The summed E-state index contributed by atoms with van der Waals surface area (Å²) in [5.74, 6) is 0. The molecule has 4 nitrogen and oxygen atoms in total. The van der Waals surface area contributed by atoms with Gasteiger partial charge in [0.05, 0.1) is 18.4 Å². The molecule has 120 valence electrons. The number of hydrogen-bond donors (Lipinski definition) is 3. The van der Waals surface area contributed by atoms with Crippen LogP contribution in [0.2, 0.25) is 0 Å². The lowest BCUT2D eigenvalue weighted by Crippen LogP contribution is -2.37. The Labute approximate surface area is 126 Å². The second-order valence-corrected chi connectivity index (χ2v) is 5.26. The van der Waals surface area contributed by atoms with Gasteiger partial charge in [0, 0.05) is 12.6 Å². The summed E-state index contributed by atoms with van der Waals surface area (Å²) in [4.78, 5) is 4.27. The number of aliphatic hydroxyl groups excluding tert-OH is 2. The number of aryl methyl sites for hydroxylation is 1. The highest BCUT2D eigenvalue weighted by Gasteiger charge is 2.36. The minimum Gasteiger partial charge on any atom is -0.394 e. The molecule has 0 amide bonds. The molecule has 2 rings (SSSR count). The maximum absolute atomic E-state index is 14.8. The van der Waals surface area contributed by atoms with E-state index in [0.29, 0.717) is 38.0 Å². The molecule has 1 atom stereocenters. The molecule has 0 aliphatic carbocycles. The number of halogens is 1. The minimum atomic E-state index is -1.34. The lowest BCUT2D eigenvalue weighted by Gasteiger charge is -2.30. The number of aliphatic hydroxyl groups is 2. The fourth-order valence-corrected chi connectivity index (χ4v) is 2.61. The van der Waals surface area contributed by atoms with Crippen molar-refractivity contribution in [3.63, 3.8) is 0 Å². The highest BCUT2D eigenvalue weighted by atomic mass is 19.1. The van der Waals surface area contributed by atoms with Gasteiger partial charge in [0.1, 0.15) is 0 Å². The Morgan fingerprint density at radius 1 is 1.38 bits per heavy atom. The van der Waals surface area contributed by atoms with Crippen LogP contribution in [0.5, 0.6) is 0 Å². The first-order chi connectivity index (χ1) is 10.0. The van der Waals surface area contributed by atoms with Crippen LogP contribution in [0.4, 0.5) is 4.39 Å². The average molecular weight is 298 g/mol.